The van der Waals surface area contributed by atoms with Gasteiger partial charge in [-0.15, -0.1) is 0 Å². The van der Waals surface area contributed by atoms with E-state index in [0.717, 1.165) is 35.7 Å². The predicted molar refractivity (Wildman–Crippen MR) is 145 cm³/mol. The van der Waals surface area contributed by atoms with Gasteiger partial charge >= 0.3 is 6.03 Å². The summed E-state index contributed by atoms with van der Waals surface area (Å²) in [6.07, 6.45) is 0.610. The molecule has 3 heterocycles. The van der Waals surface area contributed by atoms with Crippen LogP contribution in [-0.2, 0) is 0 Å². The molecule has 3 aromatic rings. The summed E-state index contributed by atoms with van der Waals surface area (Å²) in [5, 5.41) is 3.84. The lowest BCUT2D eigenvalue weighted by molar-refractivity contribution is 0.0377. The average molecular weight is 517 g/mol. The summed E-state index contributed by atoms with van der Waals surface area (Å²) in [7, 11) is 0. The van der Waals surface area contributed by atoms with Gasteiger partial charge in [-0.1, -0.05) is 41.4 Å². The third-order valence-electron chi connectivity index (χ3n) is 7.52. The smallest absolute Gasteiger partial charge is 0.325 e. The van der Waals surface area contributed by atoms with Crippen molar-refractivity contribution in [2.45, 2.75) is 32.0 Å². The van der Waals surface area contributed by atoms with E-state index in [0.29, 0.717) is 35.8 Å². The first-order valence-electron chi connectivity index (χ1n) is 12.6. The van der Waals surface area contributed by atoms with Gasteiger partial charge in [0.1, 0.15) is 5.75 Å². The number of nitrogens with one attached hydrogen (secondary N) is 1. The minimum Gasteiger partial charge on any atom is -0.467 e. The highest BCUT2D eigenvalue weighted by Crippen LogP contribution is 2.45. The molecule has 2 atom stereocenters. The van der Waals surface area contributed by atoms with Crippen LogP contribution in [-0.4, -0.2) is 48.7 Å². The van der Waals surface area contributed by atoms with Gasteiger partial charge in [0.15, 0.2) is 5.72 Å². The predicted octanol–water partition coefficient (Wildman–Crippen LogP) is 5.38. The highest BCUT2D eigenvalue weighted by molar-refractivity contribution is 6.30. The van der Waals surface area contributed by atoms with Crippen molar-refractivity contribution in [1.29, 1.82) is 0 Å². The van der Waals surface area contributed by atoms with Gasteiger partial charge in [0.25, 0.3) is 5.91 Å². The fraction of sp³-hybridized carbons (Fsp3) is 0.310. The van der Waals surface area contributed by atoms with Crippen LogP contribution in [0.5, 0.6) is 5.75 Å². The number of fused-ring (bicyclic) bond motifs is 4. The summed E-state index contributed by atoms with van der Waals surface area (Å²) < 4.78 is 6.42. The number of benzene rings is 3. The lowest BCUT2D eigenvalue weighted by Crippen LogP contribution is -2.65. The van der Waals surface area contributed by atoms with Crippen molar-refractivity contribution in [3.63, 3.8) is 0 Å². The molecule has 0 radical (unpaired) electrons. The lowest BCUT2D eigenvalue weighted by Gasteiger charge is -2.50. The van der Waals surface area contributed by atoms with Crippen LogP contribution in [0.15, 0.2) is 66.7 Å². The molecule has 6 rings (SSSR count). The monoisotopic (exact) mass is 516 g/mol. The maximum Gasteiger partial charge on any atom is 0.325 e. The molecule has 1 N–H and O–H groups in total. The summed E-state index contributed by atoms with van der Waals surface area (Å²) in [5.74, 6) is 0.734. The average Bonchev–Trinajstić information content (AvgIpc) is 2.88. The molecule has 8 heteroatoms. The van der Waals surface area contributed by atoms with Crippen molar-refractivity contribution in [3.05, 3.63) is 88.4 Å². The Morgan fingerprint density at radius 2 is 1.76 bits per heavy atom. The minimum absolute atomic E-state index is 0.0431. The molecule has 0 spiro atoms. The van der Waals surface area contributed by atoms with E-state index in [-0.39, 0.29) is 18.0 Å². The molecule has 0 aromatic heterocycles. The standard InChI is InChI=1S/C29H29ClN4O3/c1-19-9-10-26-24(15-19)25-18-29(2,37-26)34(28(36)31-25)23-8-3-5-20(16-23)27(35)33-13-11-32(12-14-33)22-7-4-6-21(30)17-22/h3-10,15-17,25H,11-14,18H2,1-2H3,(H,31,36). The zero-order chi connectivity index (χ0) is 25.7. The highest BCUT2D eigenvalue weighted by Gasteiger charge is 2.50. The molecule has 3 amide bonds. The van der Waals surface area contributed by atoms with E-state index in [1.54, 1.807) is 11.0 Å². The van der Waals surface area contributed by atoms with Crippen molar-refractivity contribution in [2.75, 3.05) is 36.0 Å². The number of hydrogen-bond acceptors (Lipinski definition) is 4. The maximum atomic E-state index is 13.4. The van der Waals surface area contributed by atoms with E-state index in [1.807, 2.05) is 73.3 Å². The fourth-order valence-electron chi connectivity index (χ4n) is 5.69. The minimum atomic E-state index is -0.862. The third kappa shape index (κ3) is 4.27. The topological polar surface area (TPSA) is 65.1 Å². The zero-order valence-corrected chi connectivity index (χ0v) is 21.7. The van der Waals surface area contributed by atoms with Gasteiger partial charge < -0.3 is 19.9 Å². The van der Waals surface area contributed by atoms with Crippen molar-refractivity contribution < 1.29 is 14.3 Å². The van der Waals surface area contributed by atoms with E-state index in [9.17, 15) is 9.59 Å². The lowest BCUT2D eigenvalue weighted by atomic mass is 9.89. The molecule has 2 bridgehead atoms. The van der Waals surface area contributed by atoms with Crippen LogP contribution in [0.2, 0.25) is 5.02 Å². The van der Waals surface area contributed by atoms with Gasteiger partial charge in [0.05, 0.1) is 11.7 Å². The molecule has 3 aromatic carbocycles. The number of carbonyl (C=O) groups is 2. The first-order valence-corrected chi connectivity index (χ1v) is 13.0. The maximum absolute atomic E-state index is 13.4. The van der Waals surface area contributed by atoms with Crippen molar-refractivity contribution in [3.8, 4) is 5.75 Å². The highest BCUT2D eigenvalue weighted by atomic mass is 35.5. The van der Waals surface area contributed by atoms with Crippen LogP contribution in [0.25, 0.3) is 0 Å². The fourth-order valence-corrected chi connectivity index (χ4v) is 5.87. The molecule has 3 aliphatic rings. The van der Waals surface area contributed by atoms with Crippen LogP contribution in [0, 0.1) is 6.92 Å². The van der Waals surface area contributed by atoms with Gasteiger partial charge in [-0.2, -0.15) is 0 Å². The Kier molecular flexibility index (Phi) is 5.75. The first kappa shape index (κ1) is 23.7. The van der Waals surface area contributed by atoms with Crippen molar-refractivity contribution in [1.82, 2.24) is 10.2 Å². The summed E-state index contributed by atoms with van der Waals surface area (Å²) in [6, 6.07) is 20.8. The van der Waals surface area contributed by atoms with Gasteiger partial charge in [-0.05, 0) is 56.3 Å². The van der Waals surface area contributed by atoms with Gasteiger partial charge in [0, 0.05) is 54.4 Å². The van der Waals surface area contributed by atoms with Crippen LogP contribution in [0.4, 0.5) is 16.2 Å². The van der Waals surface area contributed by atoms with Gasteiger partial charge in [-0.3, -0.25) is 9.69 Å². The Balaban J connectivity index is 1.21. The van der Waals surface area contributed by atoms with Crippen molar-refractivity contribution >= 4 is 34.9 Å². The Morgan fingerprint density at radius 1 is 1.00 bits per heavy atom. The largest absolute Gasteiger partial charge is 0.467 e. The van der Waals surface area contributed by atoms with Crippen LogP contribution in [0.1, 0.15) is 40.9 Å². The molecule has 37 heavy (non-hydrogen) atoms. The number of hydrogen-bond donors (Lipinski definition) is 1. The van der Waals surface area contributed by atoms with Gasteiger partial charge in [0.2, 0.25) is 0 Å². The number of anilines is 2. The van der Waals surface area contributed by atoms with E-state index in [2.05, 4.69) is 16.3 Å². The first-order chi connectivity index (χ1) is 17.8. The molecule has 2 unspecified atom stereocenters. The third-order valence-corrected chi connectivity index (χ3v) is 7.75. The van der Waals surface area contributed by atoms with E-state index in [4.69, 9.17) is 16.3 Å². The second-order valence-electron chi connectivity index (χ2n) is 10.2. The summed E-state index contributed by atoms with van der Waals surface area (Å²) in [6.45, 7) is 6.64. The number of ether oxygens (including phenoxy) is 1. The Labute approximate surface area is 221 Å². The quantitative estimate of drug-likeness (QED) is 0.507. The molecular formula is C29H29ClN4O3. The Morgan fingerprint density at radius 3 is 2.54 bits per heavy atom. The van der Waals surface area contributed by atoms with Crippen LogP contribution < -0.4 is 19.9 Å². The molecule has 7 nitrogen and oxygen atoms in total. The molecular weight excluding hydrogens is 488 g/mol. The number of halogens is 1. The summed E-state index contributed by atoms with van der Waals surface area (Å²) in [5.41, 5.74) is 3.53. The number of carbonyl (C=O) groups excluding carboxylic acids is 2. The number of amides is 3. The molecule has 3 aliphatic heterocycles. The SMILES string of the molecule is Cc1ccc2c(c1)C1CC(C)(O2)N(c2cccc(C(=O)N3CCN(c4cccc(Cl)c4)CC3)c2)C(=O)N1. The molecule has 2 fully saturated rings. The van der Waals surface area contributed by atoms with Crippen LogP contribution >= 0.6 is 11.6 Å². The second-order valence-corrected chi connectivity index (χ2v) is 10.6. The van der Waals surface area contributed by atoms with E-state index < -0.39 is 5.72 Å². The Hall–Kier alpha value is -3.71. The van der Waals surface area contributed by atoms with E-state index >= 15 is 0 Å². The summed E-state index contributed by atoms with van der Waals surface area (Å²) in [4.78, 5) is 32.5. The summed E-state index contributed by atoms with van der Waals surface area (Å²) >= 11 is 6.15. The number of piperazine rings is 1. The van der Waals surface area contributed by atoms with Crippen LogP contribution in [0.3, 0.4) is 0 Å². The van der Waals surface area contributed by atoms with Crippen molar-refractivity contribution in [2.24, 2.45) is 0 Å². The normalized spacial score (nSPS) is 22.7. The molecule has 190 valence electrons. The molecule has 0 aliphatic carbocycles. The zero-order valence-electron chi connectivity index (χ0n) is 20.9. The number of rotatable bonds is 3. The number of aryl methyl sites for hydroxylation is 1. The second kappa shape index (κ2) is 8.99. The number of nitrogens with zero attached hydrogens (tertiary/aromatic N) is 3. The molecule has 2 saturated heterocycles. The number of urea groups is 1. The van der Waals surface area contributed by atoms with Gasteiger partial charge in [-0.25, -0.2) is 4.79 Å². The molecule has 0 saturated carbocycles. The van der Waals surface area contributed by atoms with E-state index in [1.165, 1.54) is 0 Å². The Bertz CT molecular complexity index is 1390.